The smallest absolute Gasteiger partial charge is 0.236 e. The monoisotopic (exact) mass is 255 g/mol. The molecule has 5 heteroatoms. The Labute approximate surface area is 109 Å². The minimum Gasteiger partial charge on any atom is -0.379 e. The zero-order valence-corrected chi connectivity index (χ0v) is 11.4. The number of morpholine rings is 1. The fraction of sp³-hybridized carbons (Fsp3) is 0.923. The summed E-state index contributed by atoms with van der Waals surface area (Å²) in [6.45, 7) is 7.38. The summed E-state index contributed by atoms with van der Waals surface area (Å²) in [4.78, 5) is 16.2. The second-order valence-electron chi connectivity index (χ2n) is 5.27. The fourth-order valence-corrected chi connectivity index (χ4v) is 2.78. The second-order valence-corrected chi connectivity index (χ2v) is 5.27. The second kappa shape index (κ2) is 7.07. The number of nitrogens with one attached hydrogen (secondary N) is 1. The standard InChI is InChI=1S/C13H25N3O2/c1-14-10-13(17)16-4-2-12(3-5-16)11-15-6-8-18-9-7-15/h12,14H,2-11H2,1H3. The van der Waals surface area contributed by atoms with Gasteiger partial charge in [-0.2, -0.15) is 0 Å². The Morgan fingerprint density at radius 2 is 1.89 bits per heavy atom. The molecule has 2 heterocycles. The maximum atomic E-state index is 11.7. The lowest BCUT2D eigenvalue weighted by Crippen LogP contribution is -2.45. The molecule has 0 aromatic rings. The SMILES string of the molecule is CNCC(=O)N1CCC(CN2CCOCC2)CC1. The number of carbonyl (C=O) groups is 1. The van der Waals surface area contributed by atoms with Crippen molar-refractivity contribution >= 4 is 5.91 Å². The predicted octanol–water partition coefficient (Wildman–Crippen LogP) is -0.223. The number of rotatable bonds is 4. The fourth-order valence-electron chi connectivity index (χ4n) is 2.78. The summed E-state index contributed by atoms with van der Waals surface area (Å²) in [7, 11) is 1.82. The molecule has 2 aliphatic rings. The van der Waals surface area contributed by atoms with Crippen LogP contribution in [0.25, 0.3) is 0 Å². The first-order chi connectivity index (χ1) is 8.79. The highest BCUT2D eigenvalue weighted by Gasteiger charge is 2.24. The van der Waals surface area contributed by atoms with Crippen molar-refractivity contribution in [2.75, 3.05) is 59.5 Å². The molecule has 0 aromatic heterocycles. The van der Waals surface area contributed by atoms with Crippen molar-refractivity contribution in [1.29, 1.82) is 0 Å². The minimum absolute atomic E-state index is 0.238. The topological polar surface area (TPSA) is 44.8 Å². The maximum Gasteiger partial charge on any atom is 0.236 e. The number of likely N-dealkylation sites (tertiary alicyclic amines) is 1. The van der Waals surface area contributed by atoms with Crippen molar-refractivity contribution in [3.63, 3.8) is 0 Å². The van der Waals surface area contributed by atoms with E-state index in [1.807, 2.05) is 11.9 Å². The van der Waals surface area contributed by atoms with Crippen LogP contribution in [0.3, 0.4) is 0 Å². The summed E-state index contributed by atoms with van der Waals surface area (Å²) in [5.74, 6) is 0.990. The Morgan fingerprint density at radius 3 is 2.50 bits per heavy atom. The lowest BCUT2D eigenvalue weighted by Gasteiger charge is -2.36. The number of carbonyl (C=O) groups excluding carboxylic acids is 1. The summed E-state index contributed by atoms with van der Waals surface area (Å²) >= 11 is 0. The van der Waals surface area contributed by atoms with E-state index in [1.54, 1.807) is 0 Å². The van der Waals surface area contributed by atoms with Crippen LogP contribution >= 0.6 is 0 Å². The molecule has 2 fully saturated rings. The van der Waals surface area contributed by atoms with E-state index in [1.165, 1.54) is 6.54 Å². The van der Waals surface area contributed by atoms with Crippen LogP contribution in [0, 0.1) is 5.92 Å². The molecule has 18 heavy (non-hydrogen) atoms. The van der Waals surface area contributed by atoms with E-state index in [0.717, 1.165) is 58.2 Å². The van der Waals surface area contributed by atoms with Gasteiger partial charge in [0.15, 0.2) is 0 Å². The Hall–Kier alpha value is -0.650. The van der Waals surface area contributed by atoms with Gasteiger partial charge in [0.1, 0.15) is 0 Å². The van der Waals surface area contributed by atoms with Gasteiger partial charge in [0.25, 0.3) is 0 Å². The maximum absolute atomic E-state index is 11.7. The molecule has 2 aliphatic heterocycles. The third kappa shape index (κ3) is 3.93. The molecule has 0 unspecified atom stereocenters. The van der Waals surface area contributed by atoms with Crippen LogP contribution in [0.2, 0.25) is 0 Å². The van der Waals surface area contributed by atoms with E-state index >= 15 is 0 Å². The summed E-state index contributed by atoms with van der Waals surface area (Å²) in [5.41, 5.74) is 0. The van der Waals surface area contributed by atoms with E-state index in [0.29, 0.717) is 6.54 Å². The van der Waals surface area contributed by atoms with Crippen LogP contribution < -0.4 is 5.32 Å². The normalized spacial score (nSPS) is 23.3. The summed E-state index contributed by atoms with van der Waals surface area (Å²) in [5, 5.41) is 2.93. The Kier molecular flexibility index (Phi) is 5.41. The molecular formula is C13H25N3O2. The van der Waals surface area contributed by atoms with E-state index in [9.17, 15) is 4.79 Å². The van der Waals surface area contributed by atoms with Crippen molar-refractivity contribution < 1.29 is 9.53 Å². The van der Waals surface area contributed by atoms with Crippen LogP contribution in [0.1, 0.15) is 12.8 Å². The number of hydrogen-bond acceptors (Lipinski definition) is 4. The van der Waals surface area contributed by atoms with Gasteiger partial charge in [-0.05, 0) is 25.8 Å². The van der Waals surface area contributed by atoms with Crippen molar-refractivity contribution in [2.24, 2.45) is 5.92 Å². The Balaban J connectivity index is 1.68. The van der Waals surface area contributed by atoms with E-state index in [-0.39, 0.29) is 5.91 Å². The van der Waals surface area contributed by atoms with Gasteiger partial charge < -0.3 is 15.0 Å². The third-order valence-corrected chi connectivity index (χ3v) is 3.92. The van der Waals surface area contributed by atoms with Crippen molar-refractivity contribution in [3.8, 4) is 0 Å². The molecule has 2 rings (SSSR count). The van der Waals surface area contributed by atoms with Crippen LogP contribution in [0.4, 0.5) is 0 Å². The first kappa shape index (κ1) is 13.8. The van der Waals surface area contributed by atoms with Crippen molar-refractivity contribution in [1.82, 2.24) is 15.1 Å². The third-order valence-electron chi connectivity index (χ3n) is 3.92. The molecule has 0 aliphatic carbocycles. The molecule has 104 valence electrons. The summed E-state index contributed by atoms with van der Waals surface area (Å²) in [6.07, 6.45) is 2.29. The molecule has 0 radical (unpaired) electrons. The zero-order valence-electron chi connectivity index (χ0n) is 11.4. The van der Waals surface area contributed by atoms with E-state index < -0.39 is 0 Å². The van der Waals surface area contributed by atoms with Gasteiger partial charge in [0.05, 0.1) is 19.8 Å². The summed E-state index contributed by atoms with van der Waals surface area (Å²) < 4.78 is 5.36. The zero-order chi connectivity index (χ0) is 12.8. The van der Waals surface area contributed by atoms with Crippen LogP contribution in [0.5, 0.6) is 0 Å². The van der Waals surface area contributed by atoms with Gasteiger partial charge in [-0.15, -0.1) is 0 Å². The average Bonchev–Trinajstić information content (AvgIpc) is 2.41. The van der Waals surface area contributed by atoms with Gasteiger partial charge in [-0.1, -0.05) is 0 Å². The van der Waals surface area contributed by atoms with Crippen LogP contribution in [0.15, 0.2) is 0 Å². The van der Waals surface area contributed by atoms with Crippen molar-refractivity contribution in [2.45, 2.75) is 12.8 Å². The average molecular weight is 255 g/mol. The number of likely N-dealkylation sites (N-methyl/N-ethyl adjacent to an activating group) is 1. The Bertz CT molecular complexity index is 259. The number of hydrogen-bond donors (Lipinski definition) is 1. The molecule has 2 saturated heterocycles. The van der Waals surface area contributed by atoms with Crippen LogP contribution in [-0.2, 0) is 9.53 Å². The molecular weight excluding hydrogens is 230 g/mol. The summed E-state index contributed by atoms with van der Waals surface area (Å²) in [6, 6.07) is 0. The highest BCUT2D eigenvalue weighted by molar-refractivity contribution is 5.78. The molecule has 1 N–H and O–H groups in total. The predicted molar refractivity (Wildman–Crippen MR) is 70.5 cm³/mol. The number of amides is 1. The van der Waals surface area contributed by atoms with Gasteiger partial charge in [0, 0.05) is 32.7 Å². The molecule has 1 amide bonds. The first-order valence-electron chi connectivity index (χ1n) is 7.02. The Morgan fingerprint density at radius 1 is 1.22 bits per heavy atom. The molecule has 0 spiro atoms. The van der Waals surface area contributed by atoms with E-state index in [2.05, 4.69) is 10.2 Å². The lowest BCUT2D eigenvalue weighted by molar-refractivity contribution is -0.131. The van der Waals surface area contributed by atoms with Crippen molar-refractivity contribution in [3.05, 3.63) is 0 Å². The van der Waals surface area contributed by atoms with Gasteiger partial charge in [0.2, 0.25) is 5.91 Å². The van der Waals surface area contributed by atoms with Gasteiger partial charge in [-0.3, -0.25) is 9.69 Å². The largest absolute Gasteiger partial charge is 0.379 e. The number of piperidine rings is 1. The van der Waals surface area contributed by atoms with E-state index in [4.69, 9.17) is 4.74 Å². The molecule has 0 atom stereocenters. The quantitative estimate of drug-likeness (QED) is 0.754. The number of ether oxygens (including phenoxy) is 1. The minimum atomic E-state index is 0.238. The van der Waals surface area contributed by atoms with Gasteiger partial charge >= 0.3 is 0 Å². The first-order valence-corrected chi connectivity index (χ1v) is 7.02. The molecule has 0 bridgehead atoms. The lowest BCUT2D eigenvalue weighted by atomic mass is 9.96. The highest BCUT2D eigenvalue weighted by atomic mass is 16.5. The highest BCUT2D eigenvalue weighted by Crippen LogP contribution is 2.18. The van der Waals surface area contributed by atoms with Crippen LogP contribution in [-0.4, -0.2) is 75.2 Å². The van der Waals surface area contributed by atoms with Gasteiger partial charge in [-0.25, -0.2) is 0 Å². The number of nitrogens with zero attached hydrogens (tertiary/aromatic N) is 2. The molecule has 0 aromatic carbocycles. The molecule has 0 saturated carbocycles. The molecule has 5 nitrogen and oxygen atoms in total.